The summed E-state index contributed by atoms with van der Waals surface area (Å²) in [5, 5.41) is 10.6. The third kappa shape index (κ3) is 1.79. The predicted octanol–water partition coefficient (Wildman–Crippen LogP) is 0.658. The van der Waals surface area contributed by atoms with Crippen molar-refractivity contribution >= 4 is 0 Å². The molecular formula is C10H12FN5. The standard InChI is InChI=1S/C10H12FN5/c1-12-10(9-6-14-15-16(9)2)7-3-4-13-5-8(7)11/h3-6,10,12H,1-2H3. The first kappa shape index (κ1) is 10.7. The van der Waals surface area contributed by atoms with E-state index in [-0.39, 0.29) is 11.9 Å². The SMILES string of the molecule is CNC(c1ccncc1F)c1cnnn1C. The van der Waals surface area contributed by atoms with Gasteiger partial charge in [-0.3, -0.25) is 9.67 Å². The van der Waals surface area contributed by atoms with Crippen LogP contribution >= 0.6 is 0 Å². The Bertz CT molecular complexity index is 482. The highest BCUT2D eigenvalue weighted by molar-refractivity contribution is 5.25. The van der Waals surface area contributed by atoms with Crippen molar-refractivity contribution < 1.29 is 4.39 Å². The molecule has 2 rings (SSSR count). The lowest BCUT2D eigenvalue weighted by Crippen LogP contribution is -2.21. The highest BCUT2D eigenvalue weighted by atomic mass is 19.1. The van der Waals surface area contributed by atoms with Crippen LogP contribution in [0.1, 0.15) is 17.3 Å². The number of hydrogen-bond acceptors (Lipinski definition) is 4. The lowest BCUT2D eigenvalue weighted by Gasteiger charge is -2.16. The summed E-state index contributed by atoms with van der Waals surface area (Å²) in [6.07, 6.45) is 4.37. The molecule has 0 saturated heterocycles. The predicted molar refractivity (Wildman–Crippen MR) is 56.1 cm³/mol. The topological polar surface area (TPSA) is 55.6 Å². The molecule has 1 unspecified atom stereocenters. The molecule has 16 heavy (non-hydrogen) atoms. The van der Waals surface area contributed by atoms with Crippen LogP contribution in [0.2, 0.25) is 0 Å². The molecule has 1 atom stereocenters. The second-order valence-electron chi connectivity index (χ2n) is 3.40. The van der Waals surface area contributed by atoms with Gasteiger partial charge in [0.05, 0.1) is 24.1 Å². The summed E-state index contributed by atoms with van der Waals surface area (Å²) in [4.78, 5) is 3.72. The highest BCUT2D eigenvalue weighted by Crippen LogP contribution is 2.21. The van der Waals surface area contributed by atoms with E-state index in [0.29, 0.717) is 5.56 Å². The zero-order chi connectivity index (χ0) is 11.5. The maximum atomic E-state index is 13.6. The molecule has 6 heteroatoms. The summed E-state index contributed by atoms with van der Waals surface area (Å²) in [6.45, 7) is 0. The first-order chi connectivity index (χ1) is 7.74. The Labute approximate surface area is 92.3 Å². The molecule has 0 bridgehead atoms. The minimum atomic E-state index is -0.344. The number of aryl methyl sites for hydroxylation is 1. The molecule has 2 aromatic heterocycles. The van der Waals surface area contributed by atoms with Crippen LogP contribution in [-0.4, -0.2) is 27.0 Å². The summed E-state index contributed by atoms with van der Waals surface area (Å²) >= 11 is 0. The Morgan fingerprint density at radius 1 is 1.44 bits per heavy atom. The zero-order valence-corrected chi connectivity index (χ0v) is 9.05. The Kier molecular flexibility index (Phi) is 2.91. The molecule has 0 spiro atoms. The van der Waals surface area contributed by atoms with Gasteiger partial charge in [-0.2, -0.15) is 0 Å². The van der Waals surface area contributed by atoms with Crippen molar-refractivity contribution in [3.8, 4) is 0 Å². The summed E-state index contributed by atoms with van der Waals surface area (Å²) < 4.78 is 15.2. The maximum absolute atomic E-state index is 13.6. The van der Waals surface area contributed by atoms with Gasteiger partial charge >= 0.3 is 0 Å². The van der Waals surface area contributed by atoms with Gasteiger partial charge in [0.1, 0.15) is 5.82 Å². The lowest BCUT2D eigenvalue weighted by molar-refractivity contribution is 0.546. The maximum Gasteiger partial charge on any atom is 0.146 e. The van der Waals surface area contributed by atoms with E-state index in [1.165, 1.54) is 6.20 Å². The van der Waals surface area contributed by atoms with Gasteiger partial charge < -0.3 is 5.32 Å². The Morgan fingerprint density at radius 3 is 2.81 bits per heavy atom. The number of pyridine rings is 1. The molecule has 1 N–H and O–H groups in total. The van der Waals surface area contributed by atoms with Gasteiger partial charge in [-0.1, -0.05) is 5.21 Å². The fourth-order valence-electron chi connectivity index (χ4n) is 1.64. The minimum Gasteiger partial charge on any atom is -0.308 e. The van der Waals surface area contributed by atoms with Crippen molar-refractivity contribution in [2.24, 2.45) is 7.05 Å². The quantitative estimate of drug-likeness (QED) is 0.827. The second-order valence-corrected chi connectivity index (χ2v) is 3.40. The van der Waals surface area contributed by atoms with E-state index in [1.807, 2.05) is 0 Å². The summed E-state index contributed by atoms with van der Waals surface area (Å²) in [6, 6.07) is 1.37. The van der Waals surface area contributed by atoms with Gasteiger partial charge in [-0.15, -0.1) is 5.10 Å². The summed E-state index contributed by atoms with van der Waals surface area (Å²) in [5.74, 6) is -0.344. The average Bonchev–Trinajstić information content (AvgIpc) is 2.69. The van der Waals surface area contributed by atoms with Crippen molar-refractivity contribution in [2.45, 2.75) is 6.04 Å². The average molecular weight is 221 g/mol. The number of aromatic nitrogens is 4. The van der Waals surface area contributed by atoms with E-state index in [9.17, 15) is 4.39 Å². The van der Waals surface area contributed by atoms with Crippen LogP contribution in [0.3, 0.4) is 0 Å². The van der Waals surface area contributed by atoms with E-state index in [1.54, 1.807) is 37.2 Å². The molecule has 84 valence electrons. The third-order valence-corrected chi connectivity index (χ3v) is 2.45. The number of nitrogens with one attached hydrogen (secondary N) is 1. The van der Waals surface area contributed by atoms with Gasteiger partial charge in [-0.25, -0.2) is 4.39 Å². The Morgan fingerprint density at radius 2 is 2.25 bits per heavy atom. The first-order valence-corrected chi connectivity index (χ1v) is 4.85. The molecule has 0 aliphatic heterocycles. The van der Waals surface area contributed by atoms with Crippen LogP contribution in [0.15, 0.2) is 24.7 Å². The fraction of sp³-hybridized carbons (Fsp3) is 0.300. The molecule has 0 amide bonds. The van der Waals surface area contributed by atoms with Crippen LogP contribution in [0.4, 0.5) is 4.39 Å². The molecular weight excluding hydrogens is 209 g/mol. The van der Waals surface area contributed by atoms with Gasteiger partial charge in [0.2, 0.25) is 0 Å². The molecule has 5 nitrogen and oxygen atoms in total. The molecule has 0 aliphatic rings. The van der Waals surface area contributed by atoms with Crippen LogP contribution < -0.4 is 5.32 Å². The van der Waals surface area contributed by atoms with Crippen LogP contribution in [0.5, 0.6) is 0 Å². The van der Waals surface area contributed by atoms with Gasteiger partial charge in [0.25, 0.3) is 0 Å². The van der Waals surface area contributed by atoms with Crippen molar-refractivity contribution in [1.82, 2.24) is 25.3 Å². The lowest BCUT2D eigenvalue weighted by atomic mass is 10.1. The van der Waals surface area contributed by atoms with Crippen LogP contribution in [0, 0.1) is 5.82 Å². The van der Waals surface area contributed by atoms with E-state index >= 15 is 0 Å². The summed E-state index contributed by atoms with van der Waals surface area (Å²) in [7, 11) is 3.53. The van der Waals surface area contributed by atoms with E-state index in [0.717, 1.165) is 5.69 Å². The Hall–Kier alpha value is -1.82. The number of hydrogen-bond donors (Lipinski definition) is 1. The van der Waals surface area contributed by atoms with Crippen molar-refractivity contribution in [3.05, 3.63) is 41.7 Å². The monoisotopic (exact) mass is 221 g/mol. The molecule has 0 aromatic carbocycles. The number of nitrogens with zero attached hydrogens (tertiary/aromatic N) is 4. The minimum absolute atomic E-state index is 0.275. The third-order valence-electron chi connectivity index (χ3n) is 2.45. The van der Waals surface area contributed by atoms with E-state index in [4.69, 9.17) is 0 Å². The van der Waals surface area contributed by atoms with Crippen molar-refractivity contribution in [3.63, 3.8) is 0 Å². The molecule has 0 aliphatic carbocycles. The smallest absolute Gasteiger partial charge is 0.146 e. The van der Waals surface area contributed by atoms with Crippen LogP contribution in [-0.2, 0) is 7.05 Å². The van der Waals surface area contributed by atoms with Gasteiger partial charge in [-0.05, 0) is 13.1 Å². The van der Waals surface area contributed by atoms with Gasteiger partial charge in [0.15, 0.2) is 0 Å². The number of rotatable bonds is 3. The second kappa shape index (κ2) is 4.36. The first-order valence-electron chi connectivity index (χ1n) is 4.85. The normalized spacial score (nSPS) is 12.7. The zero-order valence-electron chi connectivity index (χ0n) is 9.05. The largest absolute Gasteiger partial charge is 0.308 e. The molecule has 0 fully saturated rings. The van der Waals surface area contributed by atoms with Gasteiger partial charge in [0, 0.05) is 18.8 Å². The van der Waals surface area contributed by atoms with Crippen LogP contribution in [0.25, 0.3) is 0 Å². The number of halogens is 1. The fourth-order valence-corrected chi connectivity index (χ4v) is 1.64. The highest BCUT2D eigenvalue weighted by Gasteiger charge is 2.19. The summed E-state index contributed by atoms with van der Waals surface area (Å²) in [5.41, 5.74) is 1.33. The Balaban J connectivity index is 2.45. The van der Waals surface area contributed by atoms with Crippen molar-refractivity contribution in [2.75, 3.05) is 7.05 Å². The molecule has 0 radical (unpaired) electrons. The molecule has 2 heterocycles. The molecule has 0 saturated carbocycles. The molecule has 2 aromatic rings. The van der Waals surface area contributed by atoms with E-state index in [2.05, 4.69) is 20.6 Å². The van der Waals surface area contributed by atoms with E-state index < -0.39 is 0 Å². The van der Waals surface area contributed by atoms with Crippen molar-refractivity contribution in [1.29, 1.82) is 0 Å².